The molecule has 1 heterocycles. The van der Waals surface area contributed by atoms with E-state index in [2.05, 4.69) is 6.92 Å². The van der Waals surface area contributed by atoms with Crippen molar-refractivity contribution in [3.63, 3.8) is 0 Å². The Hall–Kier alpha value is -1.89. The Labute approximate surface area is 165 Å². The van der Waals surface area contributed by atoms with Gasteiger partial charge in [-0.15, -0.1) is 0 Å². The lowest BCUT2D eigenvalue weighted by Gasteiger charge is -2.30. The molecule has 2 aromatic carbocycles. The summed E-state index contributed by atoms with van der Waals surface area (Å²) in [5, 5.41) is 0.488. The first kappa shape index (κ1) is 19.9. The molecule has 0 N–H and O–H groups in total. The minimum Gasteiger partial charge on any atom is -0.426 e. The molecule has 0 bridgehead atoms. The molecule has 27 heavy (non-hydrogen) atoms. The number of halogens is 1. The number of aryl methyl sites for hydroxylation is 1. The first-order valence-corrected chi connectivity index (χ1v) is 10.8. The van der Waals surface area contributed by atoms with Gasteiger partial charge in [-0.25, -0.2) is 8.42 Å². The standard InChI is InChI=1S/C20H22ClNO4S/c1-2-15-3-7-18(8-4-15)26-20(23)16-11-13-22(14-12-16)27(24,25)19-9-5-17(21)6-10-19/h3-10,16H,2,11-14H2,1H3. The van der Waals surface area contributed by atoms with Crippen molar-refractivity contribution in [2.45, 2.75) is 31.1 Å². The number of rotatable bonds is 5. The highest BCUT2D eigenvalue weighted by Crippen LogP contribution is 2.26. The minimum absolute atomic E-state index is 0.212. The van der Waals surface area contributed by atoms with Crippen molar-refractivity contribution in [1.29, 1.82) is 0 Å². The molecular weight excluding hydrogens is 386 g/mol. The van der Waals surface area contributed by atoms with Crippen LogP contribution >= 0.6 is 11.6 Å². The van der Waals surface area contributed by atoms with Crippen molar-refractivity contribution in [3.8, 4) is 5.75 Å². The third kappa shape index (κ3) is 4.69. The first-order valence-electron chi connectivity index (χ1n) is 8.96. The zero-order valence-corrected chi connectivity index (χ0v) is 16.7. The summed E-state index contributed by atoms with van der Waals surface area (Å²) in [6.45, 7) is 2.64. The van der Waals surface area contributed by atoms with E-state index in [-0.39, 0.29) is 16.8 Å². The molecule has 1 aliphatic heterocycles. The van der Waals surface area contributed by atoms with E-state index in [0.29, 0.717) is 36.7 Å². The van der Waals surface area contributed by atoms with Crippen LogP contribution in [0, 0.1) is 5.92 Å². The average Bonchev–Trinajstić information content (AvgIpc) is 2.69. The quantitative estimate of drug-likeness (QED) is 0.556. The Kier molecular flexibility index (Phi) is 6.19. The van der Waals surface area contributed by atoms with Gasteiger partial charge in [0.2, 0.25) is 10.0 Å². The van der Waals surface area contributed by atoms with Crippen molar-refractivity contribution in [3.05, 3.63) is 59.1 Å². The lowest BCUT2D eigenvalue weighted by molar-refractivity contribution is -0.140. The van der Waals surface area contributed by atoms with Gasteiger partial charge in [-0.3, -0.25) is 4.79 Å². The molecule has 0 aromatic heterocycles. The Balaban J connectivity index is 1.59. The fourth-order valence-electron chi connectivity index (χ4n) is 3.08. The molecule has 7 heteroatoms. The molecule has 1 aliphatic rings. The Bertz CT molecular complexity index is 887. The van der Waals surface area contributed by atoms with Gasteiger partial charge in [-0.05, 0) is 61.2 Å². The van der Waals surface area contributed by atoms with Crippen LogP contribution in [-0.2, 0) is 21.2 Å². The number of carbonyl (C=O) groups excluding carboxylic acids is 1. The number of carbonyl (C=O) groups is 1. The molecule has 0 radical (unpaired) electrons. The van der Waals surface area contributed by atoms with Gasteiger partial charge in [-0.1, -0.05) is 30.7 Å². The van der Waals surface area contributed by atoms with Gasteiger partial charge >= 0.3 is 5.97 Å². The molecule has 0 saturated carbocycles. The topological polar surface area (TPSA) is 63.7 Å². The highest BCUT2D eigenvalue weighted by Gasteiger charge is 2.33. The summed E-state index contributed by atoms with van der Waals surface area (Å²) in [5.74, 6) is -0.0799. The molecular formula is C20H22ClNO4S. The number of hydrogen-bond acceptors (Lipinski definition) is 4. The summed E-state index contributed by atoms with van der Waals surface area (Å²) in [5.41, 5.74) is 1.18. The van der Waals surface area contributed by atoms with Crippen LogP contribution in [0.25, 0.3) is 0 Å². The number of piperidine rings is 1. The number of ether oxygens (including phenoxy) is 1. The monoisotopic (exact) mass is 407 g/mol. The van der Waals surface area contributed by atoms with Gasteiger partial charge in [0.05, 0.1) is 10.8 Å². The van der Waals surface area contributed by atoms with E-state index in [1.807, 2.05) is 12.1 Å². The van der Waals surface area contributed by atoms with E-state index in [4.69, 9.17) is 16.3 Å². The molecule has 144 valence electrons. The van der Waals surface area contributed by atoms with E-state index in [9.17, 15) is 13.2 Å². The molecule has 0 aliphatic carbocycles. The second-order valence-electron chi connectivity index (χ2n) is 6.55. The average molecular weight is 408 g/mol. The number of esters is 1. The van der Waals surface area contributed by atoms with Gasteiger partial charge in [0, 0.05) is 18.1 Å². The number of nitrogens with zero attached hydrogens (tertiary/aromatic N) is 1. The van der Waals surface area contributed by atoms with Gasteiger partial charge in [0.25, 0.3) is 0 Å². The summed E-state index contributed by atoms with van der Waals surface area (Å²) < 4.78 is 32.2. The van der Waals surface area contributed by atoms with Crippen LogP contribution < -0.4 is 4.74 Å². The largest absolute Gasteiger partial charge is 0.426 e. The normalized spacial score (nSPS) is 16.2. The summed E-state index contributed by atoms with van der Waals surface area (Å²) in [6.07, 6.45) is 1.81. The maximum absolute atomic E-state index is 12.7. The van der Waals surface area contributed by atoms with Gasteiger partial charge < -0.3 is 4.74 Å². The van der Waals surface area contributed by atoms with Gasteiger partial charge in [-0.2, -0.15) is 4.31 Å². The highest BCUT2D eigenvalue weighted by molar-refractivity contribution is 7.89. The van der Waals surface area contributed by atoms with Crippen LogP contribution in [-0.4, -0.2) is 31.8 Å². The van der Waals surface area contributed by atoms with Crippen LogP contribution in [0.4, 0.5) is 0 Å². The Morgan fingerprint density at radius 2 is 1.67 bits per heavy atom. The van der Waals surface area contributed by atoms with Crippen LogP contribution in [0.2, 0.25) is 5.02 Å². The molecule has 3 rings (SSSR count). The Morgan fingerprint density at radius 1 is 1.07 bits per heavy atom. The molecule has 0 atom stereocenters. The molecule has 1 fully saturated rings. The highest BCUT2D eigenvalue weighted by atomic mass is 35.5. The van der Waals surface area contributed by atoms with Crippen LogP contribution in [0.15, 0.2) is 53.4 Å². The third-order valence-electron chi connectivity index (χ3n) is 4.79. The SMILES string of the molecule is CCc1ccc(OC(=O)C2CCN(S(=O)(=O)c3ccc(Cl)cc3)CC2)cc1. The fourth-order valence-corrected chi connectivity index (χ4v) is 4.68. The van der Waals surface area contributed by atoms with Crippen molar-refractivity contribution in [2.24, 2.45) is 5.92 Å². The minimum atomic E-state index is -3.57. The number of benzene rings is 2. The molecule has 0 unspecified atom stereocenters. The zero-order chi connectivity index (χ0) is 19.4. The van der Waals surface area contributed by atoms with Crippen molar-refractivity contribution in [2.75, 3.05) is 13.1 Å². The maximum Gasteiger partial charge on any atom is 0.314 e. The first-order chi connectivity index (χ1) is 12.9. The second-order valence-corrected chi connectivity index (χ2v) is 8.93. The van der Waals surface area contributed by atoms with Crippen LogP contribution in [0.1, 0.15) is 25.3 Å². The van der Waals surface area contributed by atoms with Crippen LogP contribution in [0.3, 0.4) is 0 Å². The van der Waals surface area contributed by atoms with E-state index < -0.39 is 10.0 Å². The molecule has 0 spiro atoms. The van der Waals surface area contributed by atoms with E-state index >= 15 is 0 Å². The second kappa shape index (κ2) is 8.42. The number of sulfonamides is 1. The van der Waals surface area contributed by atoms with Crippen molar-refractivity contribution < 1.29 is 17.9 Å². The summed E-state index contributed by atoms with van der Waals surface area (Å²) in [4.78, 5) is 12.6. The third-order valence-corrected chi connectivity index (χ3v) is 6.95. The summed E-state index contributed by atoms with van der Waals surface area (Å²) in [6, 6.07) is 13.6. The molecule has 0 amide bonds. The smallest absolute Gasteiger partial charge is 0.314 e. The lowest BCUT2D eigenvalue weighted by atomic mass is 9.98. The fraction of sp³-hybridized carbons (Fsp3) is 0.350. The van der Waals surface area contributed by atoms with Gasteiger partial charge in [0.1, 0.15) is 5.75 Å². The van der Waals surface area contributed by atoms with Crippen molar-refractivity contribution >= 4 is 27.6 Å². The predicted molar refractivity (Wildman–Crippen MR) is 104 cm³/mol. The Morgan fingerprint density at radius 3 is 2.22 bits per heavy atom. The lowest BCUT2D eigenvalue weighted by Crippen LogP contribution is -2.41. The van der Waals surface area contributed by atoms with E-state index in [1.54, 1.807) is 24.3 Å². The predicted octanol–water partition coefficient (Wildman–Crippen LogP) is 3.91. The maximum atomic E-state index is 12.7. The van der Waals surface area contributed by atoms with Crippen molar-refractivity contribution in [1.82, 2.24) is 4.31 Å². The molecule has 5 nitrogen and oxygen atoms in total. The summed E-state index contributed by atoms with van der Waals surface area (Å²) in [7, 11) is -3.57. The van der Waals surface area contributed by atoms with E-state index in [0.717, 1.165) is 6.42 Å². The van der Waals surface area contributed by atoms with Crippen LogP contribution in [0.5, 0.6) is 5.75 Å². The molecule has 2 aromatic rings. The zero-order valence-electron chi connectivity index (χ0n) is 15.1. The summed E-state index contributed by atoms with van der Waals surface area (Å²) >= 11 is 5.83. The van der Waals surface area contributed by atoms with E-state index in [1.165, 1.54) is 22.0 Å². The van der Waals surface area contributed by atoms with Gasteiger partial charge in [0.15, 0.2) is 0 Å². The number of hydrogen-bond donors (Lipinski definition) is 0. The molecule has 1 saturated heterocycles.